The van der Waals surface area contributed by atoms with Gasteiger partial charge < -0.3 is 14.7 Å². The van der Waals surface area contributed by atoms with E-state index in [1.807, 2.05) is 39.0 Å². The summed E-state index contributed by atoms with van der Waals surface area (Å²) < 4.78 is 5.77. The number of aliphatic hydroxyl groups excluding tert-OH is 1. The van der Waals surface area contributed by atoms with Gasteiger partial charge in [-0.2, -0.15) is 0 Å². The molecule has 0 radical (unpaired) electrons. The number of rotatable bonds is 4. The average molecular weight is 291 g/mol. The number of aryl methyl sites for hydroxylation is 2. The normalized spacial score (nSPS) is 22.2. The molecule has 1 amide bonds. The first kappa shape index (κ1) is 15.8. The number of β-amino-alcohol motifs (C(OH)–C–C–N with tert-alkyl or cyclic N) is 1. The standard InChI is InChI=1S/C17H25NO3/c1-12-7-9-18(11-15(12)19)16(20)8-10-21-17-13(2)5-4-6-14(17)3/h4-6,12,15,19H,7-11H2,1-3H3. The SMILES string of the molecule is Cc1cccc(C)c1OCCC(=O)N1CCC(C)C(O)C1. The number of benzene rings is 1. The second kappa shape index (κ2) is 6.94. The van der Waals surface area contributed by atoms with Crippen molar-refractivity contribution in [2.24, 2.45) is 5.92 Å². The third kappa shape index (κ3) is 3.97. The fourth-order valence-electron chi connectivity index (χ4n) is 2.70. The minimum atomic E-state index is -0.401. The van der Waals surface area contributed by atoms with Crippen molar-refractivity contribution in [1.82, 2.24) is 4.90 Å². The lowest BCUT2D eigenvalue weighted by atomic mass is 9.96. The van der Waals surface area contributed by atoms with Crippen molar-refractivity contribution >= 4 is 5.91 Å². The van der Waals surface area contributed by atoms with E-state index in [0.717, 1.165) is 29.8 Å². The summed E-state index contributed by atoms with van der Waals surface area (Å²) in [4.78, 5) is 13.9. The quantitative estimate of drug-likeness (QED) is 0.926. The van der Waals surface area contributed by atoms with Crippen LogP contribution in [0.5, 0.6) is 5.75 Å². The summed E-state index contributed by atoms with van der Waals surface area (Å²) in [5, 5.41) is 9.85. The summed E-state index contributed by atoms with van der Waals surface area (Å²) in [5.41, 5.74) is 2.18. The van der Waals surface area contributed by atoms with Crippen LogP contribution in [0.4, 0.5) is 0 Å². The highest BCUT2D eigenvalue weighted by atomic mass is 16.5. The zero-order valence-corrected chi connectivity index (χ0v) is 13.1. The number of carbonyl (C=O) groups excluding carboxylic acids is 1. The molecule has 0 aromatic heterocycles. The predicted octanol–water partition coefficient (Wildman–Crippen LogP) is 2.30. The van der Waals surface area contributed by atoms with E-state index in [0.29, 0.717) is 19.6 Å². The Morgan fingerprint density at radius 3 is 2.67 bits per heavy atom. The highest BCUT2D eigenvalue weighted by Gasteiger charge is 2.26. The molecular formula is C17H25NO3. The number of likely N-dealkylation sites (tertiary alicyclic amines) is 1. The van der Waals surface area contributed by atoms with Crippen molar-refractivity contribution in [2.75, 3.05) is 19.7 Å². The van der Waals surface area contributed by atoms with Crippen molar-refractivity contribution in [2.45, 2.75) is 39.7 Å². The Hall–Kier alpha value is -1.55. The van der Waals surface area contributed by atoms with Crippen LogP contribution < -0.4 is 4.74 Å². The summed E-state index contributed by atoms with van der Waals surface area (Å²) in [6.07, 6.45) is 0.821. The van der Waals surface area contributed by atoms with Crippen LogP contribution in [-0.2, 0) is 4.79 Å². The van der Waals surface area contributed by atoms with E-state index in [4.69, 9.17) is 4.74 Å². The van der Waals surface area contributed by atoms with Gasteiger partial charge in [0.05, 0.1) is 19.1 Å². The number of ether oxygens (including phenoxy) is 1. The van der Waals surface area contributed by atoms with Crippen molar-refractivity contribution in [3.05, 3.63) is 29.3 Å². The molecule has 2 unspecified atom stereocenters. The van der Waals surface area contributed by atoms with E-state index < -0.39 is 6.10 Å². The molecule has 4 heteroatoms. The Morgan fingerprint density at radius 2 is 2.05 bits per heavy atom. The zero-order valence-electron chi connectivity index (χ0n) is 13.1. The lowest BCUT2D eigenvalue weighted by Gasteiger charge is -2.34. The number of carbonyl (C=O) groups is 1. The van der Waals surface area contributed by atoms with Gasteiger partial charge in [-0.25, -0.2) is 0 Å². The van der Waals surface area contributed by atoms with Crippen molar-refractivity contribution in [3.63, 3.8) is 0 Å². The molecule has 116 valence electrons. The average Bonchev–Trinajstić information content (AvgIpc) is 2.45. The lowest BCUT2D eigenvalue weighted by molar-refractivity contribution is -0.135. The van der Waals surface area contributed by atoms with Gasteiger partial charge in [-0.3, -0.25) is 4.79 Å². The summed E-state index contributed by atoms with van der Waals surface area (Å²) in [5.74, 6) is 1.21. The van der Waals surface area contributed by atoms with Crippen LogP contribution in [0, 0.1) is 19.8 Å². The van der Waals surface area contributed by atoms with E-state index in [2.05, 4.69) is 0 Å². The third-order valence-electron chi connectivity index (χ3n) is 4.24. The number of para-hydroxylation sites is 1. The van der Waals surface area contributed by atoms with Gasteiger partial charge in [0, 0.05) is 13.1 Å². The topological polar surface area (TPSA) is 49.8 Å². The lowest BCUT2D eigenvalue weighted by Crippen LogP contribution is -2.46. The van der Waals surface area contributed by atoms with Gasteiger partial charge in [0.25, 0.3) is 0 Å². The van der Waals surface area contributed by atoms with Gasteiger partial charge in [-0.1, -0.05) is 25.1 Å². The first-order chi connectivity index (χ1) is 9.99. The second-order valence-electron chi connectivity index (χ2n) is 5.99. The van der Waals surface area contributed by atoms with E-state index in [1.54, 1.807) is 4.90 Å². The number of aliphatic hydroxyl groups is 1. The minimum Gasteiger partial charge on any atom is -0.493 e. The molecule has 1 aliphatic heterocycles. The van der Waals surface area contributed by atoms with Crippen LogP contribution in [0.15, 0.2) is 18.2 Å². The van der Waals surface area contributed by atoms with E-state index >= 15 is 0 Å². The maximum atomic E-state index is 12.1. The van der Waals surface area contributed by atoms with Crippen LogP contribution in [-0.4, -0.2) is 41.7 Å². The molecule has 0 aliphatic carbocycles. The zero-order chi connectivity index (χ0) is 15.4. The molecule has 2 rings (SSSR count). The van der Waals surface area contributed by atoms with Crippen LogP contribution in [0.3, 0.4) is 0 Å². The smallest absolute Gasteiger partial charge is 0.226 e. The Labute approximate surface area is 126 Å². The largest absolute Gasteiger partial charge is 0.493 e. The highest BCUT2D eigenvalue weighted by Crippen LogP contribution is 2.22. The molecule has 2 atom stereocenters. The fraction of sp³-hybridized carbons (Fsp3) is 0.588. The first-order valence-electron chi connectivity index (χ1n) is 7.64. The van der Waals surface area contributed by atoms with E-state index in [-0.39, 0.29) is 11.8 Å². The van der Waals surface area contributed by atoms with Gasteiger partial charge >= 0.3 is 0 Å². The molecular weight excluding hydrogens is 266 g/mol. The molecule has 0 spiro atoms. The van der Waals surface area contributed by atoms with Gasteiger partial charge in [0.1, 0.15) is 5.75 Å². The molecule has 1 aromatic carbocycles. The fourth-order valence-corrected chi connectivity index (χ4v) is 2.70. The third-order valence-corrected chi connectivity index (χ3v) is 4.24. The van der Waals surface area contributed by atoms with Crippen molar-refractivity contribution < 1.29 is 14.6 Å². The molecule has 1 saturated heterocycles. The maximum absolute atomic E-state index is 12.1. The Balaban J connectivity index is 1.82. The van der Waals surface area contributed by atoms with Gasteiger partial charge in [0.15, 0.2) is 0 Å². The summed E-state index contributed by atoms with van der Waals surface area (Å²) in [6.45, 7) is 7.60. The predicted molar refractivity (Wildman–Crippen MR) is 82.4 cm³/mol. The molecule has 1 fully saturated rings. The van der Waals surface area contributed by atoms with Gasteiger partial charge in [-0.15, -0.1) is 0 Å². The van der Waals surface area contributed by atoms with Gasteiger partial charge in [-0.05, 0) is 37.3 Å². The molecule has 0 saturated carbocycles. The Kier molecular flexibility index (Phi) is 5.23. The molecule has 1 N–H and O–H groups in total. The number of amides is 1. The highest BCUT2D eigenvalue weighted by molar-refractivity contribution is 5.76. The van der Waals surface area contributed by atoms with E-state index in [9.17, 15) is 9.90 Å². The number of hydrogen-bond donors (Lipinski definition) is 1. The molecule has 1 aliphatic rings. The molecule has 1 heterocycles. The molecule has 21 heavy (non-hydrogen) atoms. The van der Waals surface area contributed by atoms with E-state index in [1.165, 1.54) is 0 Å². The van der Waals surface area contributed by atoms with Crippen LogP contribution in [0.25, 0.3) is 0 Å². The van der Waals surface area contributed by atoms with Crippen LogP contribution in [0.1, 0.15) is 30.9 Å². The summed E-state index contributed by atoms with van der Waals surface area (Å²) >= 11 is 0. The minimum absolute atomic E-state index is 0.0622. The number of piperidine rings is 1. The van der Waals surface area contributed by atoms with Crippen molar-refractivity contribution in [1.29, 1.82) is 0 Å². The summed E-state index contributed by atoms with van der Waals surface area (Å²) in [7, 11) is 0. The van der Waals surface area contributed by atoms with Crippen LogP contribution >= 0.6 is 0 Å². The number of nitrogens with zero attached hydrogens (tertiary/aromatic N) is 1. The van der Waals surface area contributed by atoms with Crippen molar-refractivity contribution in [3.8, 4) is 5.75 Å². The monoisotopic (exact) mass is 291 g/mol. The Bertz CT molecular complexity index is 481. The Morgan fingerprint density at radius 1 is 1.38 bits per heavy atom. The molecule has 4 nitrogen and oxygen atoms in total. The number of hydrogen-bond acceptors (Lipinski definition) is 3. The molecule has 1 aromatic rings. The maximum Gasteiger partial charge on any atom is 0.226 e. The first-order valence-corrected chi connectivity index (χ1v) is 7.64. The van der Waals surface area contributed by atoms with Gasteiger partial charge in [0.2, 0.25) is 5.91 Å². The second-order valence-corrected chi connectivity index (χ2v) is 5.99. The molecule has 0 bridgehead atoms. The summed E-state index contributed by atoms with van der Waals surface area (Å²) in [6, 6.07) is 6.01. The van der Waals surface area contributed by atoms with Crippen LogP contribution in [0.2, 0.25) is 0 Å².